The Kier molecular flexibility index (Phi) is 3.69. The number of rotatable bonds is 3. The second-order valence-electron chi connectivity index (χ2n) is 3.98. The lowest BCUT2D eigenvalue weighted by Crippen LogP contribution is -2.40. The van der Waals surface area contributed by atoms with Crippen molar-refractivity contribution < 1.29 is 4.74 Å². The number of hydrogen-bond acceptors (Lipinski definition) is 5. The average molecular weight is 222 g/mol. The van der Waals surface area contributed by atoms with Gasteiger partial charge in [-0.05, 0) is 12.8 Å². The van der Waals surface area contributed by atoms with Crippen molar-refractivity contribution in [3.8, 4) is 0 Å². The van der Waals surface area contributed by atoms with Crippen LogP contribution in [-0.2, 0) is 11.3 Å². The van der Waals surface area contributed by atoms with Crippen LogP contribution in [0.4, 0.5) is 5.82 Å². The highest BCUT2D eigenvalue weighted by atomic mass is 16.5. The van der Waals surface area contributed by atoms with Gasteiger partial charge in [0.15, 0.2) is 5.82 Å². The Labute approximate surface area is 95.6 Å². The van der Waals surface area contributed by atoms with Gasteiger partial charge in [-0.2, -0.15) is 0 Å². The molecule has 0 bridgehead atoms. The zero-order valence-electron chi connectivity index (χ0n) is 9.59. The average Bonchev–Trinajstić information content (AvgIpc) is 2.38. The number of nitrogens with zero attached hydrogens (tertiary/aromatic N) is 3. The molecule has 0 amide bonds. The molecule has 1 atom stereocenters. The predicted octanol–water partition coefficient (Wildman–Crippen LogP) is 0.551. The maximum absolute atomic E-state index is 5.66. The molecule has 16 heavy (non-hydrogen) atoms. The Morgan fingerprint density at radius 2 is 2.31 bits per heavy atom. The second-order valence-corrected chi connectivity index (χ2v) is 3.98. The van der Waals surface area contributed by atoms with E-state index in [2.05, 4.69) is 14.9 Å². The molecule has 2 rings (SSSR count). The number of anilines is 1. The summed E-state index contributed by atoms with van der Waals surface area (Å²) >= 11 is 0. The van der Waals surface area contributed by atoms with Crippen LogP contribution in [0.2, 0.25) is 0 Å². The van der Waals surface area contributed by atoms with E-state index in [0.29, 0.717) is 12.6 Å². The first-order chi connectivity index (χ1) is 7.85. The van der Waals surface area contributed by atoms with Crippen molar-refractivity contribution in [2.75, 3.05) is 25.1 Å². The highest BCUT2D eigenvalue weighted by Crippen LogP contribution is 2.20. The van der Waals surface area contributed by atoms with Crippen LogP contribution in [0.1, 0.15) is 18.5 Å². The molecule has 1 saturated heterocycles. The normalized spacial score (nSPS) is 21.1. The van der Waals surface area contributed by atoms with Crippen molar-refractivity contribution in [1.29, 1.82) is 0 Å². The lowest BCUT2D eigenvalue weighted by Gasteiger charge is -2.33. The fourth-order valence-electron chi connectivity index (χ4n) is 2.09. The molecule has 2 N–H and O–H groups in total. The van der Waals surface area contributed by atoms with Gasteiger partial charge in [-0.1, -0.05) is 0 Å². The van der Waals surface area contributed by atoms with Crippen LogP contribution in [0.5, 0.6) is 0 Å². The Morgan fingerprint density at radius 1 is 1.50 bits per heavy atom. The molecule has 1 aromatic rings. The summed E-state index contributed by atoms with van der Waals surface area (Å²) in [6.07, 6.45) is 5.93. The molecule has 0 aliphatic carbocycles. The number of piperidine rings is 1. The van der Waals surface area contributed by atoms with E-state index < -0.39 is 0 Å². The van der Waals surface area contributed by atoms with Gasteiger partial charge in [-0.15, -0.1) is 0 Å². The Balaban J connectivity index is 2.16. The molecular formula is C11H18N4O. The minimum Gasteiger partial charge on any atom is -0.380 e. The number of methoxy groups -OCH3 is 1. The minimum atomic E-state index is 0.293. The van der Waals surface area contributed by atoms with E-state index in [-0.39, 0.29) is 0 Å². The van der Waals surface area contributed by atoms with E-state index >= 15 is 0 Å². The first-order valence-corrected chi connectivity index (χ1v) is 5.63. The van der Waals surface area contributed by atoms with Crippen molar-refractivity contribution >= 4 is 5.82 Å². The molecule has 1 unspecified atom stereocenters. The van der Waals surface area contributed by atoms with E-state index in [0.717, 1.165) is 37.4 Å². The van der Waals surface area contributed by atoms with Crippen molar-refractivity contribution in [1.82, 2.24) is 9.97 Å². The maximum atomic E-state index is 5.66. The summed E-state index contributed by atoms with van der Waals surface area (Å²) in [4.78, 5) is 10.8. The van der Waals surface area contributed by atoms with Gasteiger partial charge in [0, 0.05) is 39.1 Å². The first kappa shape index (κ1) is 11.3. The third-order valence-electron chi connectivity index (χ3n) is 2.96. The molecule has 0 saturated carbocycles. The van der Waals surface area contributed by atoms with Gasteiger partial charge in [0.2, 0.25) is 0 Å². The molecule has 2 heterocycles. The molecule has 88 valence electrons. The molecular weight excluding hydrogens is 204 g/mol. The fraction of sp³-hybridized carbons (Fsp3) is 0.636. The maximum Gasteiger partial charge on any atom is 0.151 e. The molecule has 1 fully saturated rings. The summed E-state index contributed by atoms with van der Waals surface area (Å²) in [5, 5.41) is 0. The van der Waals surface area contributed by atoms with Gasteiger partial charge < -0.3 is 15.4 Å². The van der Waals surface area contributed by atoms with Crippen LogP contribution in [0.25, 0.3) is 0 Å². The monoisotopic (exact) mass is 222 g/mol. The smallest absolute Gasteiger partial charge is 0.151 e. The van der Waals surface area contributed by atoms with E-state index in [9.17, 15) is 0 Å². The van der Waals surface area contributed by atoms with Crippen molar-refractivity contribution in [2.24, 2.45) is 5.73 Å². The van der Waals surface area contributed by atoms with E-state index in [1.165, 1.54) is 0 Å². The third-order valence-corrected chi connectivity index (χ3v) is 2.96. The Morgan fingerprint density at radius 3 is 3.06 bits per heavy atom. The molecule has 0 radical (unpaired) electrons. The molecule has 5 nitrogen and oxygen atoms in total. The quantitative estimate of drug-likeness (QED) is 0.809. The van der Waals surface area contributed by atoms with Gasteiger partial charge in [-0.3, -0.25) is 4.98 Å². The van der Waals surface area contributed by atoms with E-state index in [1.54, 1.807) is 19.5 Å². The lowest BCUT2D eigenvalue weighted by molar-refractivity contribution is 0.0891. The largest absolute Gasteiger partial charge is 0.380 e. The van der Waals surface area contributed by atoms with Crippen LogP contribution < -0.4 is 10.6 Å². The summed E-state index contributed by atoms with van der Waals surface area (Å²) in [6, 6.07) is 0. The third kappa shape index (κ3) is 2.31. The number of ether oxygens (including phenoxy) is 1. The van der Waals surface area contributed by atoms with Crippen LogP contribution in [0.3, 0.4) is 0 Å². The van der Waals surface area contributed by atoms with E-state index in [4.69, 9.17) is 10.5 Å². The van der Waals surface area contributed by atoms with Crippen LogP contribution in [0, 0.1) is 0 Å². The van der Waals surface area contributed by atoms with Crippen molar-refractivity contribution in [3.05, 3.63) is 18.1 Å². The van der Waals surface area contributed by atoms with Crippen LogP contribution in [0.15, 0.2) is 12.4 Å². The molecule has 0 aromatic carbocycles. The first-order valence-electron chi connectivity index (χ1n) is 5.63. The predicted molar refractivity (Wildman–Crippen MR) is 62.2 cm³/mol. The second kappa shape index (κ2) is 5.23. The highest BCUT2D eigenvalue weighted by molar-refractivity contribution is 5.43. The van der Waals surface area contributed by atoms with Gasteiger partial charge in [0.05, 0.1) is 11.8 Å². The number of hydrogen-bond donors (Lipinski definition) is 1. The van der Waals surface area contributed by atoms with Gasteiger partial charge >= 0.3 is 0 Å². The van der Waals surface area contributed by atoms with Crippen molar-refractivity contribution in [3.63, 3.8) is 0 Å². The number of aromatic nitrogens is 2. The zero-order valence-corrected chi connectivity index (χ0v) is 9.59. The summed E-state index contributed by atoms with van der Waals surface area (Å²) in [5.74, 6) is 0.909. The van der Waals surface area contributed by atoms with E-state index in [1.807, 2.05) is 0 Å². The molecule has 1 aromatic heterocycles. The summed E-state index contributed by atoms with van der Waals surface area (Å²) in [5.41, 5.74) is 6.52. The van der Waals surface area contributed by atoms with Gasteiger partial charge in [0.25, 0.3) is 0 Å². The standard InChI is InChI=1S/C11H18N4O/c1-16-9-3-2-6-15(8-9)11-10(7-12)13-4-5-14-11/h4-5,9H,2-3,6-8,12H2,1H3. The fourth-order valence-corrected chi connectivity index (χ4v) is 2.09. The number of nitrogens with two attached hydrogens (primary N) is 1. The SMILES string of the molecule is COC1CCCN(c2nccnc2CN)C1. The Bertz CT molecular complexity index is 345. The minimum absolute atomic E-state index is 0.293. The summed E-state index contributed by atoms with van der Waals surface area (Å²) in [7, 11) is 1.76. The molecule has 1 aliphatic rings. The van der Waals surface area contributed by atoms with Gasteiger partial charge in [0.1, 0.15) is 0 Å². The summed E-state index contributed by atoms with van der Waals surface area (Å²) in [6.45, 7) is 2.31. The Hall–Kier alpha value is -1.20. The molecule has 5 heteroatoms. The van der Waals surface area contributed by atoms with Crippen molar-refractivity contribution in [2.45, 2.75) is 25.5 Å². The van der Waals surface area contributed by atoms with Crippen LogP contribution >= 0.6 is 0 Å². The topological polar surface area (TPSA) is 64.3 Å². The molecule has 0 spiro atoms. The summed E-state index contributed by atoms with van der Waals surface area (Å²) < 4.78 is 5.40. The molecule has 1 aliphatic heterocycles. The zero-order chi connectivity index (χ0) is 11.4. The lowest BCUT2D eigenvalue weighted by atomic mass is 10.1. The van der Waals surface area contributed by atoms with Crippen LogP contribution in [-0.4, -0.2) is 36.3 Å². The highest BCUT2D eigenvalue weighted by Gasteiger charge is 2.22. The van der Waals surface area contributed by atoms with Gasteiger partial charge in [-0.25, -0.2) is 4.98 Å².